The van der Waals surface area contributed by atoms with Crippen LogP contribution in [-0.2, 0) is 4.79 Å². The summed E-state index contributed by atoms with van der Waals surface area (Å²) in [5.74, 6) is 1.28. The highest BCUT2D eigenvalue weighted by Crippen LogP contribution is 2.19. The van der Waals surface area contributed by atoms with E-state index in [1.807, 2.05) is 29.3 Å². The minimum atomic E-state index is 0.269. The van der Waals surface area contributed by atoms with Gasteiger partial charge < -0.3 is 15.1 Å². The second-order valence-corrected chi connectivity index (χ2v) is 6.91. The zero-order valence-corrected chi connectivity index (χ0v) is 15.1. The van der Waals surface area contributed by atoms with Gasteiger partial charge in [-0.15, -0.1) is 0 Å². The molecule has 0 unspecified atom stereocenters. The lowest BCUT2D eigenvalue weighted by molar-refractivity contribution is -0.131. The number of pyridine rings is 1. The zero-order chi connectivity index (χ0) is 17.3. The molecule has 0 atom stereocenters. The van der Waals surface area contributed by atoms with Crippen molar-refractivity contribution in [3.63, 3.8) is 0 Å². The Kier molecular flexibility index (Phi) is 6.86. The molecule has 5 nitrogen and oxygen atoms in total. The van der Waals surface area contributed by atoms with Crippen molar-refractivity contribution in [1.82, 2.24) is 15.2 Å². The molecule has 1 aromatic heterocycles. The highest BCUT2D eigenvalue weighted by atomic mass is 16.2. The molecule has 1 N–H and O–H groups in total. The van der Waals surface area contributed by atoms with Crippen LogP contribution in [0.2, 0.25) is 0 Å². The van der Waals surface area contributed by atoms with Gasteiger partial charge in [0.05, 0.1) is 0 Å². The molecule has 1 aliphatic carbocycles. The van der Waals surface area contributed by atoms with Gasteiger partial charge in [0.15, 0.2) is 0 Å². The number of hydrogen-bond acceptors (Lipinski definition) is 4. The minimum absolute atomic E-state index is 0.269. The number of rotatable bonds is 7. The summed E-state index contributed by atoms with van der Waals surface area (Å²) in [4.78, 5) is 21.0. The Morgan fingerprint density at radius 3 is 2.72 bits per heavy atom. The fourth-order valence-electron chi connectivity index (χ4n) is 3.58. The molecule has 2 heterocycles. The van der Waals surface area contributed by atoms with Crippen LogP contribution in [-0.4, -0.2) is 55.1 Å². The van der Waals surface area contributed by atoms with Crippen LogP contribution >= 0.6 is 0 Å². The van der Waals surface area contributed by atoms with Crippen molar-refractivity contribution >= 4 is 11.7 Å². The van der Waals surface area contributed by atoms with Crippen LogP contribution in [0.15, 0.2) is 36.0 Å². The Hall–Kier alpha value is -1.88. The predicted octanol–water partition coefficient (Wildman–Crippen LogP) is 2.60. The molecule has 0 bridgehead atoms. The maximum absolute atomic E-state index is 12.3. The highest BCUT2D eigenvalue weighted by Gasteiger charge is 2.21. The van der Waals surface area contributed by atoms with Crippen molar-refractivity contribution in [3.8, 4) is 0 Å². The van der Waals surface area contributed by atoms with Gasteiger partial charge in [0.1, 0.15) is 5.82 Å². The Balaban J connectivity index is 1.29. The smallest absolute Gasteiger partial charge is 0.223 e. The Morgan fingerprint density at radius 2 is 2.00 bits per heavy atom. The molecule has 136 valence electrons. The van der Waals surface area contributed by atoms with Gasteiger partial charge >= 0.3 is 0 Å². The first-order chi connectivity index (χ1) is 12.3. The van der Waals surface area contributed by atoms with Gasteiger partial charge in [0.2, 0.25) is 5.91 Å². The fraction of sp³-hybridized carbons (Fsp3) is 0.600. The van der Waals surface area contributed by atoms with E-state index in [1.54, 1.807) is 5.57 Å². The first-order valence-electron chi connectivity index (χ1n) is 9.65. The van der Waals surface area contributed by atoms with E-state index in [2.05, 4.69) is 21.3 Å². The SMILES string of the molecule is O=C(CCNCCC1=CCCCC1)N1CCN(c2ccccn2)CC1. The van der Waals surface area contributed by atoms with E-state index >= 15 is 0 Å². The first-order valence-corrected chi connectivity index (χ1v) is 9.65. The maximum Gasteiger partial charge on any atom is 0.223 e. The Morgan fingerprint density at radius 1 is 1.12 bits per heavy atom. The molecule has 1 amide bonds. The van der Waals surface area contributed by atoms with Crippen molar-refractivity contribution in [3.05, 3.63) is 36.0 Å². The molecule has 1 aromatic rings. The number of amides is 1. The summed E-state index contributed by atoms with van der Waals surface area (Å²) in [5.41, 5.74) is 1.59. The standard InChI is InChI=1S/C20H30N4O/c25-20(10-13-21-12-9-18-6-2-1-3-7-18)24-16-14-23(15-17-24)19-8-4-5-11-22-19/h4-6,8,11,21H,1-3,7,9-10,12-17H2. The molecule has 0 radical (unpaired) electrons. The molecule has 1 fully saturated rings. The van der Waals surface area contributed by atoms with Gasteiger partial charge in [-0.05, 0) is 50.8 Å². The maximum atomic E-state index is 12.3. The number of hydrogen-bond donors (Lipinski definition) is 1. The lowest BCUT2D eigenvalue weighted by atomic mass is 9.97. The third-order valence-electron chi connectivity index (χ3n) is 5.13. The van der Waals surface area contributed by atoms with E-state index in [1.165, 1.54) is 25.7 Å². The number of anilines is 1. The monoisotopic (exact) mass is 342 g/mol. The molecule has 0 saturated carbocycles. The summed E-state index contributed by atoms with van der Waals surface area (Å²) in [6.45, 7) is 5.10. The first kappa shape index (κ1) is 17.9. The van der Waals surface area contributed by atoms with Gasteiger partial charge in [-0.25, -0.2) is 4.98 Å². The molecule has 3 rings (SSSR count). The summed E-state index contributed by atoms with van der Waals surface area (Å²) in [6, 6.07) is 5.97. The van der Waals surface area contributed by atoms with Crippen LogP contribution in [0.25, 0.3) is 0 Å². The third-order valence-corrected chi connectivity index (χ3v) is 5.13. The van der Waals surface area contributed by atoms with Crippen LogP contribution in [0.3, 0.4) is 0 Å². The number of piperazine rings is 1. The zero-order valence-electron chi connectivity index (χ0n) is 15.1. The van der Waals surface area contributed by atoms with E-state index in [0.717, 1.165) is 51.5 Å². The second kappa shape index (κ2) is 9.56. The van der Waals surface area contributed by atoms with Crippen LogP contribution < -0.4 is 10.2 Å². The number of nitrogens with one attached hydrogen (secondary N) is 1. The fourth-order valence-corrected chi connectivity index (χ4v) is 3.58. The number of aromatic nitrogens is 1. The minimum Gasteiger partial charge on any atom is -0.353 e. The predicted molar refractivity (Wildman–Crippen MR) is 102 cm³/mol. The van der Waals surface area contributed by atoms with Crippen LogP contribution in [0.1, 0.15) is 38.5 Å². The lowest BCUT2D eigenvalue weighted by Gasteiger charge is -2.35. The highest BCUT2D eigenvalue weighted by molar-refractivity contribution is 5.76. The van der Waals surface area contributed by atoms with Gasteiger partial charge in [-0.2, -0.15) is 0 Å². The number of nitrogens with zero attached hydrogens (tertiary/aromatic N) is 3. The molecule has 1 saturated heterocycles. The summed E-state index contributed by atoms with van der Waals surface area (Å²) in [5, 5.41) is 3.43. The summed E-state index contributed by atoms with van der Waals surface area (Å²) < 4.78 is 0. The second-order valence-electron chi connectivity index (χ2n) is 6.91. The summed E-state index contributed by atoms with van der Waals surface area (Å²) in [6.07, 6.45) is 11.2. The molecule has 2 aliphatic rings. The van der Waals surface area contributed by atoms with E-state index in [9.17, 15) is 4.79 Å². The molecule has 1 aliphatic heterocycles. The van der Waals surface area contributed by atoms with Crippen LogP contribution in [0.4, 0.5) is 5.82 Å². The Bertz CT molecular complexity index is 564. The lowest BCUT2D eigenvalue weighted by Crippen LogP contribution is -2.49. The molecular formula is C20H30N4O. The molecule has 0 spiro atoms. The number of carbonyl (C=O) groups is 1. The number of allylic oxidation sites excluding steroid dienone is 1. The molecule has 25 heavy (non-hydrogen) atoms. The van der Waals surface area contributed by atoms with Crippen molar-refractivity contribution in [2.75, 3.05) is 44.2 Å². The van der Waals surface area contributed by atoms with Gasteiger partial charge in [-0.1, -0.05) is 17.7 Å². The Labute approximate surface area is 151 Å². The molecular weight excluding hydrogens is 312 g/mol. The van der Waals surface area contributed by atoms with Gasteiger partial charge in [0.25, 0.3) is 0 Å². The van der Waals surface area contributed by atoms with E-state index in [0.29, 0.717) is 6.42 Å². The number of carbonyl (C=O) groups excluding carboxylic acids is 1. The molecule has 5 heteroatoms. The van der Waals surface area contributed by atoms with Crippen molar-refractivity contribution < 1.29 is 4.79 Å². The van der Waals surface area contributed by atoms with Crippen LogP contribution in [0, 0.1) is 0 Å². The van der Waals surface area contributed by atoms with Crippen LogP contribution in [0.5, 0.6) is 0 Å². The molecule has 0 aromatic carbocycles. The van der Waals surface area contributed by atoms with E-state index in [4.69, 9.17) is 0 Å². The summed E-state index contributed by atoms with van der Waals surface area (Å²) in [7, 11) is 0. The summed E-state index contributed by atoms with van der Waals surface area (Å²) >= 11 is 0. The quantitative estimate of drug-likeness (QED) is 0.611. The normalized spacial score (nSPS) is 18.2. The average Bonchev–Trinajstić information content (AvgIpc) is 2.69. The average molecular weight is 342 g/mol. The van der Waals surface area contributed by atoms with Crippen molar-refractivity contribution in [1.29, 1.82) is 0 Å². The van der Waals surface area contributed by atoms with Gasteiger partial charge in [-0.3, -0.25) is 4.79 Å². The largest absolute Gasteiger partial charge is 0.353 e. The third kappa shape index (κ3) is 5.56. The van der Waals surface area contributed by atoms with Crippen molar-refractivity contribution in [2.24, 2.45) is 0 Å². The van der Waals surface area contributed by atoms with E-state index in [-0.39, 0.29) is 5.91 Å². The topological polar surface area (TPSA) is 48.5 Å². The van der Waals surface area contributed by atoms with E-state index < -0.39 is 0 Å². The van der Waals surface area contributed by atoms with Gasteiger partial charge in [0, 0.05) is 45.3 Å². The van der Waals surface area contributed by atoms with Crippen molar-refractivity contribution in [2.45, 2.75) is 38.5 Å².